The van der Waals surface area contributed by atoms with E-state index in [0.29, 0.717) is 0 Å². The Labute approximate surface area is 105 Å². The van der Waals surface area contributed by atoms with Gasteiger partial charge in [0.25, 0.3) is 0 Å². The predicted octanol–water partition coefficient (Wildman–Crippen LogP) is 3.38. The molecule has 2 nitrogen and oxygen atoms in total. The number of nitrogens with zero attached hydrogens (tertiary/aromatic N) is 1. The van der Waals surface area contributed by atoms with E-state index in [1.54, 1.807) is 0 Å². The van der Waals surface area contributed by atoms with Crippen molar-refractivity contribution in [2.75, 3.05) is 13.1 Å². The second kappa shape index (κ2) is 5.97. The second-order valence-corrected chi connectivity index (χ2v) is 4.49. The number of Topliss-reactive ketones (excluding diaryl/α,β-unsaturated/α-hetero) is 1. The van der Waals surface area contributed by atoms with Gasteiger partial charge in [-0.2, -0.15) is 0 Å². The van der Waals surface area contributed by atoms with Crippen LogP contribution in [0.15, 0.2) is 30.3 Å². The zero-order valence-corrected chi connectivity index (χ0v) is 11.4. The summed E-state index contributed by atoms with van der Waals surface area (Å²) < 4.78 is 0. The average Bonchev–Trinajstić information content (AvgIpc) is 2.39. The molecule has 1 aromatic rings. The summed E-state index contributed by atoms with van der Waals surface area (Å²) in [5.74, 6) is 0.226. The van der Waals surface area contributed by atoms with E-state index in [0.717, 1.165) is 25.1 Å². The number of likely N-dealkylation sites (N-methyl/N-ethyl adjacent to an activating group) is 1. The summed E-state index contributed by atoms with van der Waals surface area (Å²) >= 11 is 0. The Balaban J connectivity index is 3.05. The van der Waals surface area contributed by atoms with Crippen LogP contribution in [0.1, 0.15) is 44.5 Å². The highest BCUT2D eigenvalue weighted by atomic mass is 16.1. The predicted molar refractivity (Wildman–Crippen MR) is 72.4 cm³/mol. The van der Waals surface area contributed by atoms with Crippen molar-refractivity contribution in [3.8, 4) is 0 Å². The van der Waals surface area contributed by atoms with Crippen LogP contribution >= 0.6 is 0 Å². The van der Waals surface area contributed by atoms with Gasteiger partial charge in [0.2, 0.25) is 0 Å². The molecule has 1 atom stereocenters. The van der Waals surface area contributed by atoms with Crippen LogP contribution in [0.5, 0.6) is 0 Å². The monoisotopic (exact) mass is 233 g/mol. The Morgan fingerprint density at radius 3 is 2.06 bits per heavy atom. The van der Waals surface area contributed by atoms with Gasteiger partial charge < -0.3 is 0 Å². The van der Waals surface area contributed by atoms with Crippen LogP contribution in [0.3, 0.4) is 0 Å². The van der Waals surface area contributed by atoms with Crippen LogP contribution in [-0.2, 0) is 0 Å². The summed E-state index contributed by atoms with van der Waals surface area (Å²) in [6, 6.07) is 9.59. The summed E-state index contributed by atoms with van der Waals surface area (Å²) in [4.78, 5) is 14.9. The maximum Gasteiger partial charge on any atom is 0.182 e. The number of carbonyl (C=O) groups excluding carboxylic acids is 1. The van der Waals surface area contributed by atoms with Gasteiger partial charge in [0.05, 0.1) is 5.54 Å². The number of benzene rings is 1. The number of hydrogen-bond acceptors (Lipinski definition) is 2. The first-order valence-electron chi connectivity index (χ1n) is 6.45. The Morgan fingerprint density at radius 2 is 1.65 bits per heavy atom. The molecule has 1 rings (SSSR count). The molecule has 0 saturated carbocycles. The molecule has 0 aliphatic rings. The Morgan fingerprint density at radius 1 is 1.12 bits per heavy atom. The van der Waals surface area contributed by atoms with Gasteiger partial charge in [0.15, 0.2) is 5.78 Å². The van der Waals surface area contributed by atoms with Gasteiger partial charge in [0.1, 0.15) is 0 Å². The highest BCUT2D eigenvalue weighted by Crippen LogP contribution is 2.24. The molecule has 0 aliphatic heterocycles. The Hall–Kier alpha value is -1.15. The van der Waals surface area contributed by atoms with Crippen molar-refractivity contribution in [1.82, 2.24) is 4.90 Å². The molecule has 0 saturated heterocycles. The van der Waals surface area contributed by atoms with Crippen molar-refractivity contribution in [3.05, 3.63) is 35.9 Å². The zero-order valence-electron chi connectivity index (χ0n) is 11.4. The third-order valence-electron chi connectivity index (χ3n) is 3.67. The maximum absolute atomic E-state index is 12.6. The van der Waals surface area contributed by atoms with E-state index in [1.165, 1.54) is 0 Å². The standard InChI is InChI=1S/C15H23NO/c1-5-15(4,16(6-2)7-3)14(17)13-11-9-8-10-12-13/h8-12H,5-7H2,1-4H3. The lowest BCUT2D eigenvalue weighted by atomic mass is 9.86. The van der Waals surface area contributed by atoms with E-state index < -0.39 is 0 Å². The zero-order chi connectivity index (χ0) is 12.9. The Bertz CT molecular complexity index is 356. The van der Waals surface area contributed by atoms with Crippen LogP contribution in [-0.4, -0.2) is 29.3 Å². The van der Waals surface area contributed by atoms with Gasteiger partial charge in [-0.25, -0.2) is 0 Å². The number of carbonyl (C=O) groups is 1. The van der Waals surface area contributed by atoms with Gasteiger partial charge in [-0.1, -0.05) is 51.1 Å². The lowest BCUT2D eigenvalue weighted by molar-refractivity contribution is 0.0608. The van der Waals surface area contributed by atoms with Crippen LogP contribution in [0.2, 0.25) is 0 Å². The van der Waals surface area contributed by atoms with Gasteiger partial charge >= 0.3 is 0 Å². The largest absolute Gasteiger partial charge is 0.292 e. The molecule has 0 fully saturated rings. The van der Waals surface area contributed by atoms with Gasteiger partial charge in [-0.3, -0.25) is 9.69 Å². The quantitative estimate of drug-likeness (QED) is 0.702. The summed E-state index contributed by atoms with van der Waals surface area (Å²) in [6.07, 6.45) is 0.836. The molecule has 0 bridgehead atoms. The van der Waals surface area contributed by atoms with E-state index in [1.807, 2.05) is 30.3 Å². The topological polar surface area (TPSA) is 20.3 Å². The maximum atomic E-state index is 12.6. The van der Waals surface area contributed by atoms with Crippen molar-refractivity contribution in [1.29, 1.82) is 0 Å². The van der Waals surface area contributed by atoms with E-state index in [2.05, 4.69) is 32.6 Å². The molecule has 94 valence electrons. The molecule has 0 spiro atoms. The van der Waals surface area contributed by atoms with Crippen molar-refractivity contribution in [2.24, 2.45) is 0 Å². The van der Waals surface area contributed by atoms with Crippen molar-refractivity contribution in [2.45, 2.75) is 39.7 Å². The molecule has 0 heterocycles. The second-order valence-electron chi connectivity index (χ2n) is 4.49. The highest BCUT2D eigenvalue weighted by Gasteiger charge is 2.36. The van der Waals surface area contributed by atoms with Crippen LogP contribution in [0, 0.1) is 0 Å². The smallest absolute Gasteiger partial charge is 0.182 e. The lowest BCUT2D eigenvalue weighted by Crippen LogP contribution is -2.51. The Kier molecular flexibility index (Phi) is 4.88. The molecule has 0 aromatic heterocycles. The summed E-state index contributed by atoms with van der Waals surface area (Å²) in [5.41, 5.74) is 0.425. The molecule has 0 amide bonds. The van der Waals surface area contributed by atoms with E-state index in [-0.39, 0.29) is 11.3 Å². The minimum absolute atomic E-state index is 0.226. The molecule has 17 heavy (non-hydrogen) atoms. The van der Waals surface area contributed by atoms with Crippen molar-refractivity contribution >= 4 is 5.78 Å². The van der Waals surface area contributed by atoms with Crippen LogP contribution < -0.4 is 0 Å². The van der Waals surface area contributed by atoms with Gasteiger partial charge in [-0.15, -0.1) is 0 Å². The van der Waals surface area contributed by atoms with Crippen molar-refractivity contribution < 1.29 is 4.79 Å². The summed E-state index contributed by atoms with van der Waals surface area (Å²) in [5, 5.41) is 0. The fourth-order valence-corrected chi connectivity index (χ4v) is 2.35. The first kappa shape index (κ1) is 13.9. The molecule has 2 heteroatoms. The molecule has 1 unspecified atom stereocenters. The third-order valence-corrected chi connectivity index (χ3v) is 3.67. The molecule has 0 aliphatic carbocycles. The molecule has 1 aromatic carbocycles. The third kappa shape index (κ3) is 2.75. The van der Waals surface area contributed by atoms with E-state index in [4.69, 9.17) is 0 Å². The number of ketones is 1. The van der Waals surface area contributed by atoms with Gasteiger partial charge in [-0.05, 0) is 26.4 Å². The van der Waals surface area contributed by atoms with Crippen molar-refractivity contribution in [3.63, 3.8) is 0 Å². The van der Waals surface area contributed by atoms with Gasteiger partial charge in [0, 0.05) is 5.56 Å². The number of hydrogen-bond donors (Lipinski definition) is 0. The van der Waals surface area contributed by atoms with E-state index in [9.17, 15) is 4.79 Å². The first-order chi connectivity index (χ1) is 8.10. The van der Waals surface area contributed by atoms with Crippen LogP contribution in [0.4, 0.5) is 0 Å². The minimum atomic E-state index is -0.384. The number of rotatable bonds is 6. The average molecular weight is 233 g/mol. The van der Waals surface area contributed by atoms with Crippen LogP contribution in [0.25, 0.3) is 0 Å². The minimum Gasteiger partial charge on any atom is -0.292 e. The SMILES string of the molecule is CCN(CC)C(C)(CC)C(=O)c1ccccc1. The summed E-state index contributed by atoms with van der Waals surface area (Å²) in [7, 11) is 0. The first-order valence-corrected chi connectivity index (χ1v) is 6.45. The molecule has 0 N–H and O–H groups in total. The summed E-state index contributed by atoms with van der Waals surface area (Å²) in [6.45, 7) is 10.2. The normalized spacial score (nSPS) is 14.6. The lowest BCUT2D eigenvalue weighted by Gasteiger charge is -2.38. The molecule has 0 radical (unpaired) electrons. The molecular weight excluding hydrogens is 210 g/mol. The molecular formula is C15H23NO. The highest BCUT2D eigenvalue weighted by molar-refractivity contribution is 6.02. The fourth-order valence-electron chi connectivity index (χ4n) is 2.35. The van der Waals surface area contributed by atoms with E-state index >= 15 is 0 Å². The fraction of sp³-hybridized carbons (Fsp3) is 0.533.